The third kappa shape index (κ3) is 4.83. The van der Waals surface area contributed by atoms with Crippen molar-refractivity contribution in [1.29, 1.82) is 0 Å². The lowest BCUT2D eigenvalue weighted by molar-refractivity contribution is 0.212. The zero-order valence-corrected chi connectivity index (χ0v) is 16.0. The summed E-state index contributed by atoms with van der Waals surface area (Å²) < 4.78 is 17.5. The number of ether oxygens (including phenoxy) is 1. The normalized spacial score (nSPS) is 20.6. The molecule has 8 heteroatoms. The van der Waals surface area contributed by atoms with Crippen LogP contribution in [0.25, 0.3) is 0 Å². The average Bonchev–Trinajstić information content (AvgIpc) is 2.61. The van der Waals surface area contributed by atoms with Gasteiger partial charge in [0.15, 0.2) is 0 Å². The van der Waals surface area contributed by atoms with Crippen LogP contribution >= 0.6 is 11.6 Å². The molecule has 1 atom stereocenters. The number of hydrogen-bond acceptors (Lipinski definition) is 4. The number of carbonyl (C=O) groups is 1. The number of aromatic nitrogens is 1. The Morgan fingerprint density at radius 1 is 1.46 bits per heavy atom. The highest BCUT2D eigenvalue weighted by molar-refractivity contribution is 7.86. The lowest BCUT2D eigenvalue weighted by atomic mass is 10.1. The molecule has 1 aromatic heterocycles. The minimum atomic E-state index is -0.947. The summed E-state index contributed by atoms with van der Waals surface area (Å²) in [5.74, 6) is 0.810. The van der Waals surface area contributed by atoms with Crippen molar-refractivity contribution in [1.82, 2.24) is 9.88 Å². The van der Waals surface area contributed by atoms with Crippen molar-refractivity contribution in [2.45, 2.75) is 45.0 Å². The summed E-state index contributed by atoms with van der Waals surface area (Å²) in [4.78, 5) is 18.4. The van der Waals surface area contributed by atoms with Gasteiger partial charge in [-0.25, -0.2) is 9.78 Å². The summed E-state index contributed by atoms with van der Waals surface area (Å²) >= 11 is 5.98. The summed E-state index contributed by atoms with van der Waals surface area (Å²) in [5, 5.41) is 3.23. The predicted molar refractivity (Wildman–Crippen MR) is 97.3 cm³/mol. The van der Waals surface area contributed by atoms with Crippen LogP contribution in [0.1, 0.15) is 34.1 Å². The molecule has 0 spiro atoms. The number of rotatable bonds is 3. The molecule has 24 heavy (non-hydrogen) atoms. The molecule has 0 unspecified atom stereocenters. The van der Waals surface area contributed by atoms with E-state index in [9.17, 15) is 9.00 Å². The Labute approximate surface area is 150 Å². The molecule has 1 aliphatic rings. The second-order valence-electron chi connectivity index (χ2n) is 6.65. The van der Waals surface area contributed by atoms with Crippen LogP contribution in [-0.4, -0.2) is 49.8 Å². The van der Waals surface area contributed by atoms with Gasteiger partial charge in [-0.3, -0.25) is 4.21 Å². The smallest absolute Gasteiger partial charge is 0.322 e. The van der Waals surface area contributed by atoms with Crippen LogP contribution in [0.2, 0.25) is 5.02 Å². The van der Waals surface area contributed by atoms with Gasteiger partial charge in [0.2, 0.25) is 5.88 Å². The molecular weight excluding hydrogens is 350 g/mol. The minimum absolute atomic E-state index is 0.0734. The summed E-state index contributed by atoms with van der Waals surface area (Å²) in [6.07, 6.45) is 2.10. The van der Waals surface area contributed by atoms with E-state index >= 15 is 0 Å². The van der Waals surface area contributed by atoms with E-state index in [-0.39, 0.29) is 16.9 Å². The zero-order chi connectivity index (χ0) is 17.9. The van der Waals surface area contributed by atoms with Crippen LogP contribution in [0.4, 0.5) is 10.5 Å². The molecule has 134 valence electrons. The van der Waals surface area contributed by atoms with Crippen molar-refractivity contribution < 1.29 is 13.7 Å². The molecule has 2 heterocycles. The largest absolute Gasteiger partial charge is 0.473 e. The van der Waals surface area contributed by atoms with Gasteiger partial charge in [-0.1, -0.05) is 11.6 Å². The quantitative estimate of drug-likeness (QED) is 0.882. The Kier molecular flexibility index (Phi) is 6.09. The molecule has 0 saturated carbocycles. The Hall–Kier alpha value is -1.34. The maximum atomic E-state index is 12.6. The van der Waals surface area contributed by atoms with Gasteiger partial charge in [0.1, 0.15) is 5.69 Å². The first-order chi connectivity index (χ1) is 11.2. The first-order valence-electron chi connectivity index (χ1n) is 7.95. The summed E-state index contributed by atoms with van der Waals surface area (Å²) in [6.45, 7) is 8.72. The van der Waals surface area contributed by atoms with Gasteiger partial charge in [0.05, 0.1) is 11.1 Å². The summed E-state index contributed by atoms with van der Waals surface area (Å²) in [5.41, 5.74) is 0.436. The van der Waals surface area contributed by atoms with Crippen LogP contribution in [0, 0.1) is 0 Å². The number of amides is 2. The minimum Gasteiger partial charge on any atom is -0.473 e. The standard InChI is InChI=1S/C16H24ClN3O3S/c1-11(2)23-14-13(9-12(17)10-18-14)19-15(21)20-6-5-16(3,4)24(22)8-7-20/h9-11H,5-8H2,1-4H3,(H,19,21)/t24-/m1/s1. The van der Waals surface area contributed by atoms with Crippen LogP contribution in [0.3, 0.4) is 0 Å². The number of nitrogens with one attached hydrogen (secondary N) is 1. The fourth-order valence-corrected chi connectivity index (χ4v) is 3.75. The molecule has 2 rings (SSSR count). The summed E-state index contributed by atoms with van der Waals surface area (Å²) in [6, 6.07) is 1.35. The van der Waals surface area contributed by atoms with Crippen LogP contribution in [0.5, 0.6) is 5.88 Å². The Bertz CT molecular complexity index is 637. The number of pyridine rings is 1. The van der Waals surface area contributed by atoms with E-state index in [1.807, 2.05) is 27.7 Å². The first-order valence-corrected chi connectivity index (χ1v) is 9.65. The van der Waals surface area contributed by atoms with Gasteiger partial charge in [0, 0.05) is 40.6 Å². The van der Waals surface area contributed by atoms with E-state index in [1.54, 1.807) is 11.0 Å². The molecule has 0 bridgehead atoms. The molecule has 0 aromatic carbocycles. The molecule has 1 aliphatic heterocycles. The third-order valence-electron chi connectivity index (χ3n) is 3.84. The third-order valence-corrected chi connectivity index (χ3v) is 6.04. The fraction of sp³-hybridized carbons (Fsp3) is 0.625. The lowest BCUT2D eigenvalue weighted by Gasteiger charge is -2.23. The van der Waals surface area contributed by atoms with Gasteiger partial charge < -0.3 is 15.0 Å². The van der Waals surface area contributed by atoms with Gasteiger partial charge >= 0.3 is 6.03 Å². The molecule has 1 aromatic rings. The van der Waals surface area contributed by atoms with Crippen molar-refractivity contribution in [3.8, 4) is 5.88 Å². The second kappa shape index (κ2) is 7.70. The second-order valence-corrected chi connectivity index (χ2v) is 9.29. The van der Waals surface area contributed by atoms with Crippen molar-refractivity contribution in [2.24, 2.45) is 0 Å². The van der Waals surface area contributed by atoms with Gasteiger partial charge in [-0.15, -0.1) is 0 Å². The molecular formula is C16H24ClN3O3S. The highest BCUT2D eigenvalue weighted by Gasteiger charge is 2.31. The van der Waals surface area contributed by atoms with Crippen molar-refractivity contribution in [3.63, 3.8) is 0 Å². The molecule has 1 N–H and O–H groups in total. The SMILES string of the molecule is CC(C)Oc1ncc(Cl)cc1NC(=O)N1CC[S@@](=O)C(C)(C)CC1. The lowest BCUT2D eigenvalue weighted by Crippen LogP contribution is -2.37. The van der Waals surface area contributed by atoms with E-state index in [0.717, 1.165) is 0 Å². The van der Waals surface area contributed by atoms with Crippen molar-refractivity contribution >= 4 is 34.1 Å². The number of nitrogens with zero attached hydrogens (tertiary/aromatic N) is 2. The highest BCUT2D eigenvalue weighted by atomic mass is 35.5. The topological polar surface area (TPSA) is 71.5 Å². The maximum Gasteiger partial charge on any atom is 0.322 e. The zero-order valence-electron chi connectivity index (χ0n) is 14.5. The molecule has 1 saturated heterocycles. The molecule has 6 nitrogen and oxygen atoms in total. The monoisotopic (exact) mass is 373 g/mol. The number of halogens is 1. The van der Waals surface area contributed by atoms with Crippen LogP contribution < -0.4 is 10.1 Å². The molecule has 2 amide bonds. The number of anilines is 1. The van der Waals surface area contributed by atoms with Gasteiger partial charge in [-0.2, -0.15) is 0 Å². The first kappa shape index (κ1) is 19.0. The highest BCUT2D eigenvalue weighted by Crippen LogP contribution is 2.27. The number of carbonyl (C=O) groups excluding carboxylic acids is 1. The predicted octanol–water partition coefficient (Wildman–Crippen LogP) is 3.29. The Balaban J connectivity index is 2.12. The van der Waals surface area contributed by atoms with Crippen molar-refractivity contribution in [2.75, 3.05) is 24.2 Å². The van der Waals surface area contributed by atoms with E-state index in [2.05, 4.69) is 10.3 Å². The average molecular weight is 374 g/mol. The Morgan fingerprint density at radius 2 is 2.17 bits per heavy atom. The van der Waals surface area contributed by atoms with Crippen LogP contribution in [-0.2, 0) is 10.8 Å². The maximum absolute atomic E-state index is 12.6. The Morgan fingerprint density at radius 3 is 2.83 bits per heavy atom. The van der Waals surface area contributed by atoms with Gasteiger partial charge in [0.25, 0.3) is 0 Å². The van der Waals surface area contributed by atoms with Crippen molar-refractivity contribution in [3.05, 3.63) is 17.3 Å². The van der Waals surface area contributed by atoms with Gasteiger partial charge in [-0.05, 0) is 40.2 Å². The van der Waals surface area contributed by atoms with Crippen LogP contribution in [0.15, 0.2) is 12.3 Å². The summed E-state index contributed by atoms with van der Waals surface area (Å²) in [7, 11) is -0.947. The molecule has 0 radical (unpaired) electrons. The van der Waals surface area contributed by atoms with E-state index < -0.39 is 10.8 Å². The van der Waals surface area contributed by atoms with E-state index in [1.165, 1.54) is 6.20 Å². The molecule has 1 fully saturated rings. The number of urea groups is 1. The fourth-order valence-electron chi connectivity index (χ4n) is 2.33. The molecule has 0 aliphatic carbocycles. The number of hydrogen-bond donors (Lipinski definition) is 1. The van der Waals surface area contributed by atoms with E-state index in [0.29, 0.717) is 41.9 Å². The van der Waals surface area contributed by atoms with E-state index in [4.69, 9.17) is 16.3 Å².